The number of hydrogen-bond acceptors (Lipinski definition) is 4. The molecule has 0 amide bonds. The van der Waals surface area contributed by atoms with Gasteiger partial charge in [-0.05, 0) is 37.9 Å². The van der Waals surface area contributed by atoms with E-state index in [9.17, 15) is 0 Å². The average Bonchev–Trinajstić information content (AvgIpc) is 2.38. The summed E-state index contributed by atoms with van der Waals surface area (Å²) in [5.74, 6) is 0. The average molecular weight is 313 g/mol. The van der Waals surface area contributed by atoms with Crippen LogP contribution in [0.3, 0.4) is 0 Å². The van der Waals surface area contributed by atoms with E-state index in [1.165, 1.54) is 18.5 Å². The fourth-order valence-corrected chi connectivity index (χ4v) is 3.32. The van der Waals surface area contributed by atoms with Crippen molar-refractivity contribution in [3.63, 3.8) is 0 Å². The van der Waals surface area contributed by atoms with E-state index in [1.54, 1.807) is 0 Å². The summed E-state index contributed by atoms with van der Waals surface area (Å²) in [6, 6.07) is 0. The van der Waals surface area contributed by atoms with Crippen LogP contribution < -0.4 is 5.32 Å². The summed E-state index contributed by atoms with van der Waals surface area (Å²) >= 11 is 10.7. The van der Waals surface area contributed by atoms with Gasteiger partial charge in [0.05, 0.1) is 14.7 Å². The lowest BCUT2D eigenvalue weighted by atomic mass is 9.83. The lowest BCUT2D eigenvalue weighted by Crippen LogP contribution is -2.27. The van der Waals surface area contributed by atoms with Gasteiger partial charge in [0.25, 0.3) is 0 Å². The lowest BCUT2D eigenvalue weighted by molar-refractivity contribution is 0.288. The molecule has 0 saturated carbocycles. The molecule has 0 bridgehead atoms. The largest absolute Gasteiger partial charge is 0.384 e. The molecule has 0 aliphatic heterocycles. The summed E-state index contributed by atoms with van der Waals surface area (Å²) in [7, 11) is 0. The van der Waals surface area contributed by atoms with Gasteiger partial charge in [-0.2, -0.15) is 0 Å². The van der Waals surface area contributed by atoms with E-state index in [0.29, 0.717) is 0 Å². The zero-order valence-corrected chi connectivity index (χ0v) is 15.1. The molecule has 0 atom stereocenters. The number of nitrogens with one attached hydrogen (secondary N) is 1. The van der Waals surface area contributed by atoms with Crippen molar-refractivity contribution in [2.45, 2.75) is 52.9 Å². The second-order valence-electron chi connectivity index (χ2n) is 6.37. The van der Waals surface area contributed by atoms with Crippen molar-refractivity contribution in [2.24, 2.45) is 0 Å². The molecule has 0 unspecified atom stereocenters. The van der Waals surface area contributed by atoms with Gasteiger partial charge in [0.1, 0.15) is 0 Å². The highest BCUT2D eigenvalue weighted by molar-refractivity contribution is 7.74. The molecule has 0 aliphatic carbocycles. The molecular weight excluding hydrogens is 284 g/mol. The highest BCUT2D eigenvalue weighted by Gasteiger charge is 2.25. The van der Waals surface area contributed by atoms with Crippen LogP contribution in [0, 0.1) is 9.02 Å². The first-order chi connectivity index (χ1) is 9.32. The van der Waals surface area contributed by atoms with Crippen LogP contribution in [0.5, 0.6) is 0 Å². The number of nitrogens with zero attached hydrogens (tertiary/aromatic N) is 1. The van der Waals surface area contributed by atoms with Gasteiger partial charge in [0.15, 0.2) is 0 Å². The molecule has 1 rings (SSSR count). The summed E-state index contributed by atoms with van der Waals surface area (Å²) in [6.07, 6.45) is 2.36. The van der Waals surface area contributed by atoms with Crippen molar-refractivity contribution in [1.29, 1.82) is 0 Å². The summed E-state index contributed by atoms with van der Waals surface area (Å²) in [6.45, 7) is 15.5. The Kier molecular flexibility index (Phi) is 6.76. The van der Waals surface area contributed by atoms with Crippen molar-refractivity contribution in [3.05, 3.63) is 14.6 Å². The fraction of sp³-hybridized carbons (Fsp3) is 0.750. The quantitative estimate of drug-likeness (QED) is 0.545. The maximum Gasteiger partial charge on any atom is 0.0796 e. The molecule has 4 heteroatoms. The van der Waals surface area contributed by atoms with Gasteiger partial charge in [-0.15, -0.1) is 0 Å². The number of hydrogen-bond donors (Lipinski definition) is 1. The normalized spacial score (nSPS) is 12.3. The summed E-state index contributed by atoms with van der Waals surface area (Å²) < 4.78 is 1.74. The van der Waals surface area contributed by atoms with E-state index < -0.39 is 0 Å². The first kappa shape index (κ1) is 17.7. The Morgan fingerprint density at radius 2 is 1.70 bits per heavy atom. The van der Waals surface area contributed by atoms with Crippen LogP contribution in [-0.4, -0.2) is 31.1 Å². The third kappa shape index (κ3) is 4.34. The highest BCUT2D eigenvalue weighted by Crippen LogP contribution is 2.36. The predicted octanol–water partition coefficient (Wildman–Crippen LogP) is 4.85. The Labute approximate surface area is 134 Å². The molecule has 1 aromatic carbocycles. The van der Waals surface area contributed by atoms with Crippen LogP contribution in [-0.2, 0) is 5.41 Å². The summed E-state index contributed by atoms with van der Waals surface area (Å²) in [5.41, 5.74) is 2.44. The minimum atomic E-state index is 0.0827. The van der Waals surface area contributed by atoms with Crippen molar-refractivity contribution in [3.8, 4) is 0 Å². The highest BCUT2D eigenvalue weighted by atomic mass is 32.1. The van der Waals surface area contributed by atoms with Gasteiger partial charge in [-0.1, -0.05) is 59.1 Å². The van der Waals surface area contributed by atoms with E-state index in [2.05, 4.69) is 44.8 Å². The van der Waals surface area contributed by atoms with Gasteiger partial charge in [0, 0.05) is 12.1 Å². The van der Waals surface area contributed by atoms with Crippen LogP contribution in [0.25, 0.3) is 0 Å². The maximum atomic E-state index is 5.38. The third-order valence-corrected chi connectivity index (χ3v) is 4.55. The van der Waals surface area contributed by atoms with Crippen molar-refractivity contribution < 1.29 is 0 Å². The molecule has 0 fully saturated rings. The molecular formula is C16H28N2S2. The van der Waals surface area contributed by atoms with Crippen LogP contribution in [0.1, 0.15) is 53.0 Å². The zero-order chi connectivity index (χ0) is 15.3. The topological polar surface area (TPSA) is 15.3 Å². The van der Waals surface area contributed by atoms with Gasteiger partial charge in [0.2, 0.25) is 0 Å². The molecule has 0 radical (unpaired) electrons. The first-order valence-corrected chi connectivity index (χ1v) is 8.44. The van der Waals surface area contributed by atoms with Crippen LogP contribution in [0.2, 0.25) is 0 Å². The van der Waals surface area contributed by atoms with Crippen molar-refractivity contribution >= 4 is 30.1 Å². The van der Waals surface area contributed by atoms with Gasteiger partial charge in [-0.3, -0.25) is 0 Å². The molecule has 114 valence electrons. The van der Waals surface area contributed by atoms with Gasteiger partial charge < -0.3 is 10.2 Å². The molecule has 0 aliphatic rings. The molecule has 0 aromatic heterocycles. The van der Waals surface area contributed by atoms with E-state index in [1.807, 2.05) is 0 Å². The third-order valence-electron chi connectivity index (χ3n) is 3.60. The first-order valence-electron chi connectivity index (χ1n) is 7.62. The Balaban J connectivity index is 2.50. The standard InChI is InChI=1S/C16H28N2S2/c1-6-10-18(7-2)11-8-9-17-13-12(16(3,4)5)14(19)15(13)20/h17H,6-11H2,1-5H3. The molecule has 1 N–H and O–H groups in total. The Morgan fingerprint density at radius 1 is 1.05 bits per heavy atom. The monoisotopic (exact) mass is 312 g/mol. The van der Waals surface area contributed by atoms with Crippen LogP contribution >= 0.6 is 24.4 Å². The molecule has 0 heterocycles. The van der Waals surface area contributed by atoms with Crippen molar-refractivity contribution in [1.82, 2.24) is 4.90 Å². The predicted molar refractivity (Wildman–Crippen MR) is 94.7 cm³/mol. The zero-order valence-electron chi connectivity index (χ0n) is 13.5. The number of rotatable bonds is 8. The molecule has 0 saturated heterocycles. The van der Waals surface area contributed by atoms with Gasteiger partial charge in [-0.25, -0.2) is 0 Å². The molecule has 0 spiro atoms. The van der Waals surface area contributed by atoms with Crippen LogP contribution in [0.15, 0.2) is 0 Å². The van der Waals surface area contributed by atoms with E-state index in [-0.39, 0.29) is 5.41 Å². The Bertz CT molecular complexity index is 493. The minimum absolute atomic E-state index is 0.0827. The smallest absolute Gasteiger partial charge is 0.0796 e. The van der Waals surface area contributed by atoms with Gasteiger partial charge >= 0.3 is 0 Å². The second-order valence-corrected chi connectivity index (χ2v) is 7.19. The van der Waals surface area contributed by atoms with E-state index in [4.69, 9.17) is 24.4 Å². The fourth-order valence-electron chi connectivity index (χ4n) is 2.54. The molecule has 2 nitrogen and oxygen atoms in total. The van der Waals surface area contributed by atoms with E-state index >= 15 is 0 Å². The Hall–Kier alpha value is -0.320. The minimum Gasteiger partial charge on any atom is -0.384 e. The van der Waals surface area contributed by atoms with Crippen molar-refractivity contribution in [2.75, 3.05) is 31.5 Å². The lowest BCUT2D eigenvalue weighted by Gasteiger charge is -2.27. The summed E-state index contributed by atoms with van der Waals surface area (Å²) in [5, 5.41) is 3.50. The number of anilines is 1. The maximum absolute atomic E-state index is 5.38. The molecule has 1 aromatic rings. The molecule has 20 heavy (non-hydrogen) atoms. The Morgan fingerprint density at radius 3 is 2.20 bits per heavy atom. The SMILES string of the molecule is CCCN(CC)CCCNc1c(C(C)(C)C)c(=S)c1=S. The van der Waals surface area contributed by atoms with Crippen LogP contribution in [0.4, 0.5) is 5.69 Å². The second kappa shape index (κ2) is 7.62. The van der Waals surface area contributed by atoms with E-state index in [0.717, 1.165) is 40.8 Å². The summed E-state index contributed by atoms with van der Waals surface area (Å²) in [4.78, 5) is 2.49.